The first-order valence-electron chi connectivity index (χ1n) is 13.6. The molecule has 1 aromatic heterocycles. The molecule has 0 N–H and O–H groups in total. The van der Waals surface area contributed by atoms with Crippen LogP contribution in [0.4, 0.5) is 20.4 Å². The Morgan fingerprint density at radius 3 is 2.41 bits per heavy atom. The number of benzene rings is 2. The zero-order chi connectivity index (χ0) is 27.8. The van der Waals surface area contributed by atoms with Crippen molar-refractivity contribution >= 4 is 35.0 Å². The molecule has 1 fully saturated rings. The van der Waals surface area contributed by atoms with E-state index in [0.29, 0.717) is 41.4 Å². The molecule has 1 atom stereocenters. The Morgan fingerprint density at radius 1 is 1.08 bits per heavy atom. The Bertz CT molecular complexity index is 1190. The summed E-state index contributed by atoms with van der Waals surface area (Å²) < 4.78 is 34.1. The fourth-order valence-corrected chi connectivity index (χ4v) is 5.62. The van der Waals surface area contributed by atoms with Crippen LogP contribution in [0.15, 0.2) is 48.8 Å². The van der Waals surface area contributed by atoms with E-state index >= 15 is 0 Å². The summed E-state index contributed by atoms with van der Waals surface area (Å²) in [6, 6.07) is 9.13. The van der Waals surface area contributed by atoms with Crippen LogP contribution in [0.1, 0.15) is 56.7 Å². The van der Waals surface area contributed by atoms with Gasteiger partial charge in [-0.05, 0) is 74.3 Å². The summed E-state index contributed by atoms with van der Waals surface area (Å²) in [4.78, 5) is 13.6. The van der Waals surface area contributed by atoms with Gasteiger partial charge in [0.2, 0.25) is 5.95 Å². The fourth-order valence-electron chi connectivity index (χ4n) is 5.20. The van der Waals surface area contributed by atoms with E-state index in [1.807, 2.05) is 36.3 Å². The van der Waals surface area contributed by atoms with Crippen LogP contribution >= 0.6 is 23.4 Å². The van der Waals surface area contributed by atoms with Crippen LogP contribution < -0.4 is 14.5 Å². The van der Waals surface area contributed by atoms with Crippen molar-refractivity contribution in [3.63, 3.8) is 0 Å². The van der Waals surface area contributed by atoms with Crippen LogP contribution in [0.5, 0.6) is 5.75 Å². The standard InChI is InChI=1S/C30H37ClF2N4OS/c1-4-36(19-22-7-5-6-8-22)29-15-25(31)10-9-23(29)20-37(21(2)24-13-26(32)16-27(33)14-24)30-34-17-28(18-35-30)38-11-12-39-3/h9-10,13-18,21-22H,4-8,11-12,19-20H2,1-3H3. The van der Waals surface area contributed by atoms with Crippen LogP contribution in [0.3, 0.4) is 0 Å². The van der Waals surface area contributed by atoms with Crippen molar-refractivity contribution < 1.29 is 13.5 Å². The lowest BCUT2D eigenvalue weighted by Crippen LogP contribution is -2.32. The first-order chi connectivity index (χ1) is 18.9. The second kappa shape index (κ2) is 14.2. The van der Waals surface area contributed by atoms with Crippen molar-refractivity contribution in [2.75, 3.05) is 41.5 Å². The monoisotopic (exact) mass is 574 g/mol. The summed E-state index contributed by atoms with van der Waals surface area (Å²) in [6.07, 6.45) is 10.4. The smallest absolute Gasteiger partial charge is 0.226 e. The second-order valence-corrected chi connectivity index (χ2v) is 11.5. The van der Waals surface area contributed by atoms with Gasteiger partial charge in [-0.2, -0.15) is 11.8 Å². The summed E-state index contributed by atoms with van der Waals surface area (Å²) >= 11 is 8.19. The molecule has 4 rings (SSSR count). The van der Waals surface area contributed by atoms with E-state index in [2.05, 4.69) is 21.8 Å². The maximum absolute atomic E-state index is 14.2. The molecule has 1 heterocycles. The molecule has 39 heavy (non-hydrogen) atoms. The molecule has 2 aromatic carbocycles. The van der Waals surface area contributed by atoms with Gasteiger partial charge in [0.25, 0.3) is 0 Å². The Balaban J connectivity index is 1.68. The van der Waals surface area contributed by atoms with Gasteiger partial charge in [0.1, 0.15) is 11.6 Å². The third-order valence-corrected chi connectivity index (χ3v) is 8.14. The van der Waals surface area contributed by atoms with Gasteiger partial charge in [-0.15, -0.1) is 0 Å². The number of rotatable bonds is 13. The van der Waals surface area contributed by atoms with E-state index in [4.69, 9.17) is 16.3 Å². The lowest BCUT2D eigenvalue weighted by Gasteiger charge is -2.33. The first-order valence-corrected chi connectivity index (χ1v) is 15.3. The van der Waals surface area contributed by atoms with E-state index in [1.165, 1.54) is 37.8 Å². The summed E-state index contributed by atoms with van der Waals surface area (Å²) in [6.45, 7) is 6.90. The van der Waals surface area contributed by atoms with Crippen molar-refractivity contribution in [1.29, 1.82) is 0 Å². The molecule has 9 heteroatoms. The highest BCUT2D eigenvalue weighted by molar-refractivity contribution is 7.98. The number of halogens is 3. The molecule has 0 bridgehead atoms. The molecule has 0 saturated heterocycles. The molecular weight excluding hydrogens is 538 g/mol. The van der Waals surface area contributed by atoms with Crippen LogP contribution in [-0.2, 0) is 6.54 Å². The Kier molecular flexibility index (Phi) is 10.7. The summed E-state index contributed by atoms with van der Waals surface area (Å²) in [7, 11) is 0. The molecule has 1 saturated carbocycles. The van der Waals surface area contributed by atoms with Gasteiger partial charge in [-0.25, -0.2) is 18.7 Å². The largest absolute Gasteiger partial charge is 0.489 e. The highest BCUT2D eigenvalue weighted by Crippen LogP contribution is 2.34. The van der Waals surface area contributed by atoms with Gasteiger partial charge in [0.05, 0.1) is 25.0 Å². The Morgan fingerprint density at radius 2 is 1.77 bits per heavy atom. The summed E-state index contributed by atoms with van der Waals surface area (Å²) in [5, 5.41) is 0.674. The molecule has 0 spiro atoms. The predicted molar refractivity (Wildman–Crippen MR) is 158 cm³/mol. The molecule has 0 aliphatic heterocycles. The average molecular weight is 575 g/mol. The summed E-state index contributed by atoms with van der Waals surface area (Å²) in [5.74, 6) is 1.34. The number of aromatic nitrogens is 2. The van der Waals surface area contributed by atoms with Gasteiger partial charge >= 0.3 is 0 Å². The minimum Gasteiger partial charge on any atom is -0.489 e. The first kappa shape index (κ1) is 29.4. The quantitative estimate of drug-likeness (QED) is 0.193. The number of nitrogens with zero attached hydrogens (tertiary/aromatic N) is 4. The maximum atomic E-state index is 14.2. The number of ether oxygens (including phenoxy) is 1. The van der Waals surface area contributed by atoms with Crippen molar-refractivity contribution in [1.82, 2.24) is 9.97 Å². The number of thioether (sulfide) groups is 1. The van der Waals surface area contributed by atoms with Crippen molar-refractivity contribution in [2.45, 2.75) is 52.1 Å². The van der Waals surface area contributed by atoms with Gasteiger partial charge < -0.3 is 14.5 Å². The average Bonchev–Trinajstić information content (AvgIpc) is 3.44. The van der Waals surface area contributed by atoms with Gasteiger partial charge in [-0.3, -0.25) is 0 Å². The molecule has 0 amide bonds. The van der Waals surface area contributed by atoms with Gasteiger partial charge in [0, 0.05) is 42.2 Å². The lowest BCUT2D eigenvalue weighted by atomic mass is 10.0. The molecule has 3 aromatic rings. The minimum atomic E-state index is -0.615. The van der Waals surface area contributed by atoms with E-state index < -0.39 is 17.7 Å². The normalized spacial score (nSPS) is 14.4. The Labute approximate surface area is 239 Å². The SMILES string of the molecule is CCN(CC1CCCC1)c1cc(Cl)ccc1CN(c1ncc(OCCSC)cn1)C(C)c1cc(F)cc(F)c1. The molecule has 1 aliphatic carbocycles. The van der Waals surface area contributed by atoms with Crippen LogP contribution in [0.2, 0.25) is 5.02 Å². The molecule has 210 valence electrons. The predicted octanol–water partition coefficient (Wildman–Crippen LogP) is 7.93. The zero-order valence-corrected chi connectivity index (χ0v) is 24.4. The van der Waals surface area contributed by atoms with E-state index in [0.717, 1.165) is 36.2 Å². The van der Waals surface area contributed by atoms with Crippen LogP contribution in [0, 0.1) is 17.6 Å². The zero-order valence-electron chi connectivity index (χ0n) is 22.9. The summed E-state index contributed by atoms with van der Waals surface area (Å²) in [5.41, 5.74) is 2.62. The molecule has 1 aliphatic rings. The van der Waals surface area contributed by atoms with Gasteiger partial charge in [0.15, 0.2) is 5.75 Å². The van der Waals surface area contributed by atoms with Crippen LogP contribution in [-0.4, -0.2) is 41.7 Å². The second-order valence-electron chi connectivity index (χ2n) is 10.0. The highest BCUT2D eigenvalue weighted by Gasteiger charge is 2.25. The maximum Gasteiger partial charge on any atom is 0.226 e. The highest BCUT2D eigenvalue weighted by atomic mass is 35.5. The van der Waals surface area contributed by atoms with Gasteiger partial charge in [-0.1, -0.05) is 30.5 Å². The molecular formula is C30H37ClF2N4OS. The van der Waals surface area contributed by atoms with E-state index in [-0.39, 0.29) is 0 Å². The topological polar surface area (TPSA) is 41.5 Å². The van der Waals surface area contributed by atoms with Crippen molar-refractivity contribution in [3.8, 4) is 5.75 Å². The van der Waals surface area contributed by atoms with Crippen LogP contribution in [0.25, 0.3) is 0 Å². The van der Waals surface area contributed by atoms with E-state index in [9.17, 15) is 8.78 Å². The molecule has 1 unspecified atom stereocenters. The third kappa shape index (κ3) is 7.98. The van der Waals surface area contributed by atoms with Crippen molar-refractivity contribution in [3.05, 3.63) is 76.6 Å². The fraction of sp³-hybridized carbons (Fsp3) is 0.467. The molecule has 5 nitrogen and oxygen atoms in total. The number of anilines is 2. The van der Waals surface area contributed by atoms with Crippen molar-refractivity contribution in [2.24, 2.45) is 5.92 Å². The number of hydrogen-bond donors (Lipinski definition) is 0. The number of hydrogen-bond acceptors (Lipinski definition) is 6. The minimum absolute atomic E-state index is 0.410. The molecule has 0 radical (unpaired) electrons. The third-order valence-electron chi connectivity index (χ3n) is 7.33. The van der Waals surface area contributed by atoms with E-state index in [1.54, 1.807) is 24.2 Å². The Hall–Kier alpha value is -2.58. The lowest BCUT2D eigenvalue weighted by molar-refractivity contribution is 0.341.